The molecule has 1 aliphatic rings. The highest BCUT2D eigenvalue weighted by atomic mass is 16.2. The quantitative estimate of drug-likeness (QED) is 0.844. The van der Waals surface area contributed by atoms with Gasteiger partial charge in [-0.05, 0) is 37.4 Å². The molecule has 0 amide bonds. The van der Waals surface area contributed by atoms with E-state index < -0.39 is 0 Å². The Labute approximate surface area is 118 Å². The largest absolute Gasteiger partial charge is 0.350 e. The number of fused-ring (bicyclic) bond motifs is 1. The normalized spacial score (nSPS) is 16.8. The highest BCUT2D eigenvalue weighted by Crippen LogP contribution is 2.22. The van der Waals surface area contributed by atoms with Gasteiger partial charge in [-0.15, -0.1) is 5.10 Å². The monoisotopic (exact) mass is 274 g/mol. The van der Waals surface area contributed by atoms with Crippen LogP contribution >= 0.6 is 0 Å². The van der Waals surface area contributed by atoms with Crippen LogP contribution in [0.2, 0.25) is 0 Å². The maximum atomic E-state index is 12.1. The Morgan fingerprint density at radius 3 is 2.90 bits per heavy atom. The molecule has 2 aromatic heterocycles. The van der Waals surface area contributed by atoms with Crippen molar-refractivity contribution in [1.29, 1.82) is 0 Å². The second kappa shape index (κ2) is 6.22. The van der Waals surface area contributed by atoms with Crippen LogP contribution in [0.3, 0.4) is 0 Å². The topological polar surface area (TPSA) is 51.3 Å². The molecule has 0 spiro atoms. The molecular weight excluding hydrogens is 252 g/mol. The maximum Gasteiger partial charge on any atom is 0.350 e. The minimum absolute atomic E-state index is 0.0555. The third-order valence-electron chi connectivity index (χ3n) is 4.15. The number of pyridine rings is 1. The Hall–Kier alpha value is -1.62. The molecule has 2 heterocycles. The van der Waals surface area contributed by atoms with Gasteiger partial charge in [-0.25, -0.2) is 9.48 Å². The molecule has 1 fully saturated rings. The summed E-state index contributed by atoms with van der Waals surface area (Å²) in [6.07, 6.45) is 8.60. The summed E-state index contributed by atoms with van der Waals surface area (Å²) in [5.41, 5.74) is 0.657. The van der Waals surface area contributed by atoms with Gasteiger partial charge in [-0.2, -0.15) is 0 Å². The number of hydrogen-bond acceptors (Lipinski definition) is 3. The van der Waals surface area contributed by atoms with Crippen molar-refractivity contribution in [2.24, 2.45) is 5.92 Å². The molecule has 0 unspecified atom stereocenters. The molecule has 2 aromatic rings. The summed E-state index contributed by atoms with van der Waals surface area (Å²) >= 11 is 0. The molecule has 0 aliphatic heterocycles. The van der Waals surface area contributed by atoms with Crippen molar-refractivity contribution < 1.29 is 0 Å². The zero-order chi connectivity index (χ0) is 13.8. The van der Waals surface area contributed by atoms with Gasteiger partial charge < -0.3 is 5.32 Å². The fourth-order valence-electron chi connectivity index (χ4n) is 3.00. The molecule has 5 nitrogen and oxygen atoms in total. The van der Waals surface area contributed by atoms with E-state index in [0.29, 0.717) is 12.2 Å². The van der Waals surface area contributed by atoms with Crippen LogP contribution in [0.4, 0.5) is 0 Å². The number of aromatic nitrogens is 3. The summed E-state index contributed by atoms with van der Waals surface area (Å²) in [4.78, 5) is 12.1. The molecule has 0 radical (unpaired) electrons. The van der Waals surface area contributed by atoms with E-state index in [4.69, 9.17) is 0 Å². The summed E-state index contributed by atoms with van der Waals surface area (Å²) in [6, 6.07) is 5.60. The third kappa shape index (κ3) is 2.93. The van der Waals surface area contributed by atoms with Gasteiger partial charge in [-0.1, -0.05) is 25.3 Å². The molecule has 0 saturated heterocycles. The molecule has 1 aliphatic carbocycles. The van der Waals surface area contributed by atoms with Crippen LogP contribution in [0.5, 0.6) is 0 Å². The van der Waals surface area contributed by atoms with Crippen molar-refractivity contribution in [2.75, 3.05) is 13.1 Å². The Bertz CT molecular complexity index is 610. The van der Waals surface area contributed by atoms with Crippen molar-refractivity contribution in [3.8, 4) is 0 Å². The minimum atomic E-state index is -0.0555. The molecule has 0 bridgehead atoms. The zero-order valence-corrected chi connectivity index (χ0v) is 11.8. The van der Waals surface area contributed by atoms with Crippen LogP contribution < -0.4 is 11.0 Å². The summed E-state index contributed by atoms with van der Waals surface area (Å²) < 4.78 is 3.13. The predicted molar refractivity (Wildman–Crippen MR) is 78.9 cm³/mol. The van der Waals surface area contributed by atoms with E-state index in [1.807, 2.05) is 18.2 Å². The highest BCUT2D eigenvalue weighted by molar-refractivity contribution is 5.35. The van der Waals surface area contributed by atoms with Gasteiger partial charge in [0.2, 0.25) is 0 Å². The first-order valence-corrected chi connectivity index (χ1v) is 7.59. The molecule has 1 saturated carbocycles. The van der Waals surface area contributed by atoms with E-state index in [9.17, 15) is 4.79 Å². The first-order valence-electron chi connectivity index (χ1n) is 7.59. The minimum Gasteiger partial charge on any atom is -0.315 e. The Morgan fingerprint density at radius 1 is 1.25 bits per heavy atom. The maximum absolute atomic E-state index is 12.1. The van der Waals surface area contributed by atoms with Crippen LogP contribution in [0.15, 0.2) is 29.2 Å². The van der Waals surface area contributed by atoms with E-state index in [2.05, 4.69) is 10.4 Å². The van der Waals surface area contributed by atoms with E-state index >= 15 is 0 Å². The van der Waals surface area contributed by atoms with Crippen LogP contribution in [0.1, 0.15) is 32.1 Å². The number of rotatable bonds is 5. The second-order valence-electron chi connectivity index (χ2n) is 5.64. The molecule has 20 heavy (non-hydrogen) atoms. The molecule has 108 valence electrons. The van der Waals surface area contributed by atoms with E-state index in [-0.39, 0.29) is 5.69 Å². The molecule has 0 aromatic carbocycles. The first-order chi connectivity index (χ1) is 9.84. The molecule has 1 N–H and O–H groups in total. The van der Waals surface area contributed by atoms with Crippen molar-refractivity contribution in [3.63, 3.8) is 0 Å². The van der Waals surface area contributed by atoms with Gasteiger partial charge in [0.15, 0.2) is 5.65 Å². The Balaban J connectivity index is 1.52. The lowest BCUT2D eigenvalue weighted by Gasteiger charge is -2.21. The van der Waals surface area contributed by atoms with Crippen LogP contribution in [0.25, 0.3) is 5.65 Å². The molecular formula is C15H22N4O. The SMILES string of the molecule is O=c1n(CCNCC2CCCCC2)nc2ccccn12. The number of hydrogen-bond donors (Lipinski definition) is 1. The number of nitrogens with zero attached hydrogens (tertiary/aromatic N) is 3. The van der Waals surface area contributed by atoms with Crippen LogP contribution in [0, 0.1) is 5.92 Å². The van der Waals surface area contributed by atoms with Crippen molar-refractivity contribution in [1.82, 2.24) is 19.5 Å². The second-order valence-corrected chi connectivity index (χ2v) is 5.64. The van der Waals surface area contributed by atoms with Crippen LogP contribution in [-0.4, -0.2) is 27.3 Å². The van der Waals surface area contributed by atoms with Gasteiger partial charge in [0.1, 0.15) is 0 Å². The lowest BCUT2D eigenvalue weighted by Crippen LogP contribution is -2.31. The van der Waals surface area contributed by atoms with Gasteiger partial charge in [0, 0.05) is 12.7 Å². The summed E-state index contributed by atoms with van der Waals surface area (Å²) in [6.45, 7) is 2.51. The fraction of sp³-hybridized carbons (Fsp3) is 0.600. The molecule has 0 atom stereocenters. The van der Waals surface area contributed by atoms with Gasteiger partial charge >= 0.3 is 5.69 Å². The van der Waals surface area contributed by atoms with E-state index in [1.54, 1.807) is 15.3 Å². The zero-order valence-electron chi connectivity index (χ0n) is 11.8. The standard InChI is InChI=1S/C15H22N4O/c20-15-18-10-5-4-8-14(18)17-19(15)11-9-16-12-13-6-2-1-3-7-13/h4-5,8,10,13,16H,1-3,6-7,9,11-12H2. The van der Waals surface area contributed by atoms with Gasteiger partial charge in [0.25, 0.3) is 0 Å². The van der Waals surface area contributed by atoms with E-state index in [1.165, 1.54) is 32.1 Å². The lowest BCUT2D eigenvalue weighted by atomic mass is 9.89. The highest BCUT2D eigenvalue weighted by Gasteiger charge is 2.12. The van der Waals surface area contributed by atoms with Crippen molar-refractivity contribution >= 4 is 5.65 Å². The third-order valence-corrected chi connectivity index (χ3v) is 4.15. The summed E-state index contributed by atoms with van der Waals surface area (Å²) in [5, 5.41) is 7.79. The Kier molecular flexibility index (Phi) is 4.16. The van der Waals surface area contributed by atoms with Gasteiger partial charge in [0.05, 0.1) is 6.54 Å². The molecule has 3 rings (SSSR count). The predicted octanol–water partition coefficient (Wildman–Crippen LogP) is 1.67. The summed E-state index contributed by atoms with van der Waals surface area (Å²) in [5.74, 6) is 0.821. The lowest BCUT2D eigenvalue weighted by molar-refractivity contribution is 0.339. The Morgan fingerprint density at radius 2 is 2.10 bits per heavy atom. The smallest absolute Gasteiger partial charge is 0.315 e. The average Bonchev–Trinajstić information content (AvgIpc) is 2.82. The van der Waals surface area contributed by atoms with Crippen molar-refractivity contribution in [2.45, 2.75) is 38.6 Å². The average molecular weight is 274 g/mol. The number of nitrogens with one attached hydrogen (secondary N) is 1. The first kappa shape index (κ1) is 13.4. The van der Waals surface area contributed by atoms with Crippen LogP contribution in [-0.2, 0) is 6.54 Å². The molecule has 5 heteroatoms. The summed E-state index contributed by atoms with van der Waals surface area (Å²) in [7, 11) is 0. The van der Waals surface area contributed by atoms with Crippen molar-refractivity contribution in [3.05, 3.63) is 34.9 Å². The van der Waals surface area contributed by atoms with Gasteiger partial charge in [-0.3, -0.25) is 4.40 Å². The fourth-order valence-corrected chi connectivity index (χ4v) is 3.00. The van der Waals surface area contributed by atoms with E-state index in [0.717, 1.165) is 19.0 Å².